The van der Waals surface area contributed by atoms with E-state index in [9.17, 15) is 14.8 Å². The minimum atomic E-state index is -0.853. The lowest BCUT2D eigenvalue weighted by molar-refractivity contribution is -1.02. The molecule has 4 heteroatoms. The number of nitrogens with zero attached hydrogens (tertiary/aromatic N) is 1. The largest absolute Gasteiger partial charge is 0.381 e. The van der Waals surface area contributed by atoms with Crippen LogP contribution in [0.1, 0.15) is 12.5 Å². The molecule has 0 saturated heterocycles. The van der Waals surface area contributed by atoms with Crippen LogP contribution in [0.3, 0.4) is 0 Å². The van der Waals surface area contributed by atoms with Crippen molar-refractivity contribution in [3.8, 4) is 0 Å². The first-order valence-corrected chi connectivity index (χ1v) is 5.29. The van der Waals surface area contributed by atoms with Crippen molar-refractivity contribution in [2.24, 2.45) is 0 Å². The molecule has 1 atom stereocenters. The van der Waals surface area contributed by atoms with E-state index in [1.165, 1.54) is 13.1 Å². The lowest BCUT2D eigenvalue weighted by atomic mass is 10.1. The topological polar surface area (TPSA) is 54.4 Å². The third-order valence-electron chi connectivity index (χ3n) is 2.50. The molecule has 1 N–H and O–H groups in total. The molecule has 1 aromatic carbocycles. The van der Waals surface area contributed by atoms with Crippen LogP contribution in [0.5, 0.6) is 0 Å². The molecule has 17 heavy (non-hydrogen) atoms. The number of likely N-dealkylation sites (N-methyl/N-ethyl adjacent to an activating group) is 1. The Balaban J connectivity index is 3.05. The van der Waals surface area contributed by atoms with Crippen molar-refractivity contribution in [1.82, 2.24) is 0 Å². The van der Waals surface area contributed by atoms with Crippen molar-refractivity contribution in [2.75, 3.05) is 13.6 Å². The minimum absolute atomic E-state index is 0.164. The van der Waals surface area contributed by atoms with Gasteiger partial charge in [0.15, 0.2) is 0 Å². The fraction of sp³-hybridized carbons (Fsp3) is 0.231. The summed E-state index contributed by atoms with van der Waals surface area (Å²) in [4.78, 5) is 22.6. The summed E-state index contributed by atoms with van der Waals surface area (Å²) in [5.74, 6) is -0.661. The normalized spacial score (nSPS) is 15.1. The number of quaternary nitrogens is 1. The van der Waals surface area contributed by atoms with Gasteiger partial charge in [-0.3, -0.25) is 4.79 Å². The quantitative estimate of drug-likeness (QED) is 0.214. The summed E-state index contributed by atoms with van der Waals surface area (Å²) < 4.78 is -0.853. The number of benzene rings is 1. The highest BCUT2D eigenvalue weighted by Crippen LogP contribution is 2.10. The van der Waals surface area contributed by atoms with E-state index in [0.29, 0.717) is 0 Å². The van der Waals surface area contributed by atoms with E-state index in [-0.39, 0.29) is 12.1 Å². The Labute approximate surface area is 100 Å². The predicted octanol–water partition coefficient (Wildman–Crippen LogP) is 1.56. The number of carbonyl (C=O) groups is 1. The SMILES string of the molecule is CC[N+](C)(O)C(=O)C([C]=O)=Cc1ccccc1. The summed E-state index contributed by atoms with van der Waals surface area (Å²) in [7, 11) is 1.33. The number of carbonyl (C=O) groups excluding carboxylic acids is 2. The van der Waals surface area contributed by atoms with Crippen LogP contribution >= 0.6 is 0 Å². The lowest BCUT2D eigenvalue weighted by Gasteiger charge is -2.19. The second-order valence-corrected chi connectivity index (χ2v) is 3.83. The van der Waals surface area contributed by atoms with Crippen molar-refractivity contribution in [1.29, 1.82) is 0 Å². The molecule has 1 aromatic rings. The predicted molar refractivity (Wildman–Crippen MR) is 63.6 cm³/mol. The van der Waals surface area contributed by atoms with Crippen molar-refractivity contribution in [2.45, 2.75) is 6.92 Å². The van der Waals surface area contributed by atoms with Gasteiger partial charge in [-0.1, -0.05) is 30.3 Å². The van der Waals surface area contributed by atoms with Crippen LogP contribution in [0.15, 0.2) is 35.9 Å². The van der Waals surface area contributed by atoms with Crippen LogP contribution in [0.25, 0.3) is 6.08 Å². The summed E-state index contributed by atoms with van der Waals surface area (Å²) in [5, 5.41) is 9.74. The summed E-state index contributed by atoms with van der Waals surface area (Å²) in [6, 6.07) is 8.95. The molecule has 0 aliphatic heterocycles. The van der Waals surface area contributed by atoms with Crippen molar-refractivity contribution < 1.29 is 19.4 Å². The highest BCUT2D eigenvalue weighted by molar-refractivity contribution is 6.11. The molecule has 1 amide bonds. The van der Waals surface area contributed by atoms with E-state index in [2.05, 4.69) is 0 Å². The van der Waals surface area contributed by atoms with E-state index >= 15 is 0 Å². The van der Waals surface area contributed by atoms with Crippen LogP contribution in [-0.2, 0) is 9.59 Å². The summed E-state index contributed by atoms with van der Waals surface area (Å²) in [5.41, 5.74) is 0.554. The van der Waals surface area contributed by atoms with Gasteiger partial charge in [-0.15, -0.1) is 4.65 Å². The van der Waals surface area contributed by atoms with Gasteiger partial charge in [-0.25, -0.2) is 10.0 Å². The number of hydroxylamine groups is 3. The molecule has 0 saturated carbocycles. The molecule has 0 bridgehead atoms. The average molecular weight is 233 g/mol. The van der Waals surface area contributed by atoms with Crippen molar-refractivity contribution >= 4 is 18.3 Å². The monoisotopic (exact) mass is 233 g/mol. The number of hydrogen-bond donors (Lipinski definition) is 1. The molecule has 0 heterocycles. The zero-order valence-electron chi connectivity index (χ0n) is 9.88. The smallest absolute Gasteiger partial charge is 0.284 e. The molecule has 0 aliphatic rings. The van der Waals surface area contributed by atoms with Crippen LogP contribution in [0.2, 0.25) is 0 Å². The average Bonchev–Trinajstić information content (AvgIpc) is 2.36. The molecular weight excluding hydrogens is 218 g/mol. The summed E-state index contributed by atoms with van der Waals surface area (Å²) in [6.07, 6.45) is 2.99. The molecule has 0 fully saturated rings. The second-order valence-electron chi connectivity index (χ2n) is 3.83. The highest BCUT2D eigenvalue weighted by atomic mass is 16.6. The zero-order valence-corrected chi connectivity index (χ0v) is 9.88. The fourth-order valence-corrected chi connectivity index (χ4v) is 1.25. The first-order valence-electron chi connectivity index (χ1n) is 5.29. The summed E-state index contributed by atoms with van der Waals surface area (Å²) >= 11 is 0. The van der Waals surface area contributed by atoms with Gasteiger partial charge in [0.05, 0.1) is 0 Å². The first kappa shape index (κ1) is 13.3. The molecule has 1 radical (unpaired) electrons. The van der Waals surface area contributed by atoms with Gasteiger partial charge in [-0.05, 0) is 18.6 Å². The molecule has 0 aliphatic carbocycles. The van der Waals surface area contributed by atoms with Crippen LogP contribution in [0.4, 0.5) is 0 Å². The molecule has 1 unspecified atom stereocenters. The Morgan fingerprint density at radius 2 is 2.00 bits per heavy atom. The van der Waals surface area contributed by atoms with Gasteiger partial charge in [0.25, 0.3) is 0 Å². The Morgan fingerprint density at radius 1 is 1.41 bits per heavy atom. The maximum atomic E-state index is 11.8. The standard InChI is InChI=1S/C13H15NO3/c1-3-14(2,17)13(16)12(10-15)9-11-7-5-4-6-8-11/h4-9,17H,3H2,1-2H3/q+1. The van der Waals surface area contributed by atoms with E-state index in [1.807, 2.05) is 6.07 Å². The van der Waals surface area contributed by atoms with Crippen LogP contribution in [0, 0.1) is 0 Å². The second kappa shape index (κ2) is 5.52. The Morgan fingerprint density at radius 3 is 2.47 bits per heavy atom. The van der Waals surface area contributed by atoms with Crippen LogP contribution in [-0.4, -0.2) is 35.6 Å². The maximum absolute atomic E-state index is 11.8. The Kier molecular flexibility index (Phi) is 4.31. The number of amides is 1. The molecule has 0 aromatic heterocycles. The molecule has 1 rings (SSSR count). The number of rotatable bonds is 4. The Hall–Kier alpha value is -1.78. The summed E-state index contributed by atoms with van der Waals surface area (Å²) in [6.45, 7) is 1.84. The zero-order chi connectivity index (χ0) is 12.9. The molecule has 4 nitrogen and oxygen atoms in total. The minimum Gasteiger partial charge on any atom is -0.284 e. The highest BCUT2D eigenvalue weighted by Gasteiger charge is 2.31. The van der Waals surface area contributed by atoms with E-state index in [1.54, 1.807) is 37.5 Å². The first-order chi connectivity index (χ1) is 8.01. The van der Waals surface area contributed by atoms with Gasteiger partial charge >= 0.3 is 5.91 Å². The van der Waals surface area contributed by atoms with E-state index < -0.39 is 10.6 Å². The number of hydrogen-bond acceptors (Lipinski definition) is 3. The maximum Gasteiger partial charge on any atom is 0.381 e. The van der Waals surface area contributed by atoms with E-state index in [4.69, 9.17) is 0 Å². The van der Waals surface area contributed by atoms with Gasteiger partial charge < -0.3 is 0 Å². The lowest BCUT2D eigenvalue weighted by Crippen LogP contribution is -2.46. The van der Waals surface area contributed by atoms with Gasteiger partial charge in [0, 0.05) is 0 Å². The van der Waals surface area contributed by atoms with Gasteiger partial charge in [0.1, 0.15) is 19.2 Å². The third-order valence-corrected chi connectivity index (χ3v) is 2.50. The molecular formula is C13H15NO3+. The Bertz CT molecular complexity index is 435. The van der Waals surface area contributed by atoms with Crippen molar-refractivity contribution in [3.63, 3.8) is 0 Å². The third kappa shape index (κ3) is 3.34. The molecule has 89 valence electrons. The van der Waals surface area contributed by atoms with Gasteiger partial charge in [0.2, 0.25) is 6.29 Å². The molecule has 0 spiro atoms. The van der Waals surface area contributed by atoms with Crippen LogP contribution < -0.4 is 0 Å². The fourth-order valence-electron chi connectivity index (χ4n) is 1.25. The van der Waals surface area contributed by atoms with E-state index in [0.717, 1.165) is 5.56 Å². The van der Waals surface area contributed by atoms with Gasteiger partial charge in [-0.2, -0.15) is 0 Å². The van der Waals surface area contributed by atoms with Crippen molar-refractivity contribution in [3.05, 3.63) is 41.5 Å².